The molecule has 0 unspecified atom stereocenters. The average Bonchev–Trinajstić information content (AvgIpc) is 3.20. The second-order valence-electron chi connectivity index (χ2n) is 9.57. The Bertz CT molecular complexity index is 1050. The molecule has 2 bridgehead atoms. The zero-order valence-corrected chi connectivity index (χ0v) is 19.3. The first kappa shape index (κ1) is 23.2. The summed E-state index contributed by atoms with van der Waals surface area (Å²) in [5.74, 6) is 1.36. The molecule has 3 aliphatic rings. The van der Waals surface area contributed by atoms with Crippen LogP contribution in [-0.2, 0) is 20.8 Å². The minimum atomic E-state index is -0.446. The summed E-state index contributed by atoms with van der Waals surface area (Å²) in [6.07, 6.45) is 4.31. The number of carbonyl (C=O) groups is 3. The number of carbonyl (C=O) groups excluding carboxylic acids is 2. The number of aromatic nitrogens is 2. The zero-order chi connectivity index (χ0) is 23.7. The monoisotopic (exact) mass is 455 g/mol. The fraction of sp³-hybridized carbons (Fsp3) is 0.583. The van der Waals surface area contributed by atoms with Gasteiger partial charge in [-0.1, -0.05) is 6.07 Å². The topological polar surface area (TPSA) is 133 Å². The van der Waals surface area contributed by atoms with E-state index in [0.717, 1.165) is 62.2 Å². The molecule has 178 valence electrons. The molecule has 2 aromatic rings. The number of hydrogen-bond acceptors (Lipinski definition) is 5. The van der Waals surface area contributed by atoms with Crippen LogP contribution in [0.2, 0.25) is 0 Å². The highest BCUT2D eigenvalue weighted by atomic mass is 16.3. The summed E-state index contributed by atoms with van der Waals surface area (Å²) in [6, 6.07) is 3.95. The van der Waals surface area contributed by atoms with Crippen LogP contribution >= 0.6 is 0 Å². The van der Waals surface area contributed by atoms with E-state index >= 15 is 0 Å². The van der Waals surface area contributed by atoms with E-state index < -0.39 is 6.04 Å². The highest BCUT2D eigenvalue weighted by Gasteiger charge is 2.51. The standard InChI is InChI=1S/C23H31N5O2.CH2O2/c1-13-6-7-17-21(14(13)2)26-19(25-17)8-9-27-11-15-10-16(12-27)22(23(24)30)28-18(15)4-3-5-20(28)29;2-1-3/h6-7,15-16,18,22H,3-5,8-12H2,1-2H3,(H2,24,30)(H,25,26);1H,(H,2,3)/t15-,16+,18+,22-;/m1./s1. The van der Waals surface area contributed by atoms with Gasteiger partial charge >= 0.3 is 0 Å². The van der Waals surface area contributed by atoms with Gasteiger partial charge in [-0.25, -0.2) is 4.98 Å². The first-order chi connectivity index (χ1) is 15.8. The SMILES string of the molecule is Cc1ccc2[nH]c(CCN3C[C@H]4C[C@@H](C3)[C@H](C(N)=O)N3C(=O)CCC[C@@H]43)nc2c1C.O=CO. The van der Waals surface area contributed by atoms with Crippen LogP contribution in [-0.4, -0.2) is 74.9 Å². The molecule has 2 amide bonds. The number of amides is 2. The number of carboxylic acid groups (broad SMARTS) is 1. The van der Waals surface area contributed by atoms with Gasteiger partial charge in [0.1, 0.15) is 11.9 Å². The van der Waals surface area contributed by atoms with Crippen LogP contribution in [0, 0.1) is 25.7 Å². The van der Waals surface area contributed by atoms with Gasteiger partial charge in [0.15, 0.2) is 0 Å². The van der Waals surface area contributed by atoms with E-state index in [1.807, 2.05) is 4.90 Å². The maximum atomic E-state index is 12.6. The Balaban J connectivity index is 0.000000821. The molecule has 4 heterocycles. The Labute approximate surface area is 193 Å². The molecule has 9 nitrogen and oxygen atoms in total. The lowest BCUT2D eigenvalue weighted by atomic mass is 9.72. The highest BCUT2D eigenvalue weighted by Crippen LogP contribution is 2.41. The van der Waals surface area contributed by atoms with Crippen molar-refractivity contribution in [1.29, 1.82) is 0 Å². The lowest BCUT2D eigenvalue weighted by Gasteiger charge is -2.55. The van der Waals surface area contributed by atoms with Crippen molar-refractivity contribution >= 4 is 29.3 Å². The van der Waals surface area contributed by atoms with Crippen molar-refractivity contribution in [1.82, 2.24) is 19.8 Å². The van der Waals surface area contributed by atoms with E-state index in [9.17, 15) is 9.59 Å². The molecule has 0 saturated carbocycles. The highest BCUT2D eigenvalue weighted by molar-refractivity contribution is 5.88. The number of hydrogen-bond donors (Lipinski definition) is 3. The van der Waals surface area contributed by atoms with Crippen molar-refractivity contribution in [3.05, 3.63) is 29.1 Å². The molecular formula is C24H33N5O4. The number of H-pyrrole nitrogens is 1. The number of benzene rings is 1. The molecule has 0 radical (unpaired) electrons. The van der Waals surface area contributed by atoms with Crippen LogP contribution in [0.25, 0.3) is 11.0 Å². The van der Waals surface area contributed by atoms with Gasteiger partial charge in [0.2, 0.25) is 11.8 Å². The van der Waals surface area contributed by atoms with Gasteiger partial charge in [-0.15, -0.1) is 0 Å². The Hall–Kier alpha value is -2.94. The fourth-order valence-electron chi connectivity index (χ4n) is 6.05. The van der Waals surface area contributed by atoms with E-state index in [2.05, 4.69) is 35.9 Å². The van der Waals surface area contributed by atoms with Crippen molar-refractivity contribution < 1.29 is 19.5 Å². The van der Waals surface area contributed by atoms with Gasteiger partial charge in [-0.05, 0) is 56.2 Å². The first-order valence-electron chi connectivity index (χ1n) is 11.7. The molecular weight excluding hydrogens is 422 g/mol. The second-order valence-corrected chi connectivity index (χ2v) is 9.57. The lowest BCUT2D eigenvalue weighted by Crippen LogP contribution is -2.68. The van der Waals surface area contributed by atoms with Crippen molar-refractivity contribution in [3.63, 3.8) is 0 Å². The van der Waals surface area contributed by atoms with E-state index in [-0.39, 0.29) is 30.2 Å². The lowest BCUT2D eigenvalue weighted by molar-refractivity contribution is -0.159. The van der Waals surface area contributed by atoms with Crippen LogP contribution in [0.3, 0.4) is 0 Å². The summed E-state index contributed by atoms with van der Waals surface area (Å²) in [6.45, 7) is 6.68. The van der Waals surface area contributed by atoms with Crippen LogP contribution < -0.4 is 5.73 Å². The zero-order valence-electron chi connectivity index (χ0n) is 19.3. The van der Waals surface area contributed by atoms with Crippen molar-refractivity contribution in [2.45, 2.75) is 58.0 Å². The number of fused-ring (bicyclic) bond motifs is 5. The smallest absolute Gasteiger partial charge is 0.290 e. The number of imidazole rings is 1. The minimum absolute atomic E-state index is 0.117. The summed E-state index contributed by atoms with van der Waals surface area (Å²) in [5.41, 5.74) is 10.4. The van der Waals surface area contributed by atoms with Gasteiger partial charge in [-0.2, -0.15) is 0 Å². The van der Waals surface area contributed by atoms with E-state index in [4.69, 9.17) is 20.6 Å². The summed E-state index contributed by atoms with van der Waals surface area (Å²) in [7, 11) is 0. The number of rotatable bonds is 4. The molecule has 3 saturated heterocycles. The Kier molecular flexibility index (Phi) is 6.69. The number of likely N-dealkylation sites (tertiary alicyclic amines) is 1. The van der Waals surface area contributed by atoms with E-state index in [0.29, 0.717) is 12.3 Å². The summed E-state index contributed by atoms with van der Waals surface area (Å²) in [5, 5.41) is 6.89. The average molecular weight is 456 g/mol. The Morgan fingerprint density at radius 3 is 2.76 bits per heavy atom. The summed E-state index contributed by atoms with van der Waals surface area (Å²) >= 11 is 0. The second kappa shape index (κ2) is 9.51. The van der Waals surface area contributed by atoms with Gasteiger partial charge in [-0.3, -0.25) is 14.4 Å². The van der Waals surface area contributed by atoms with Gasteiger partial charge < -0.3 is 25.6 Å². The van der Waals surface area contributed by atoms with Crippen LogP contribution in [0.4, 0.5) is 0 Å². The predicted molar refractivity (Wildman–Crippen MR) is 123 cm³/mol. The molecule has 1 aromatic carbocycles. The van der Waals surface area contributed by atoms with Gasteiger partial charge in [0, 0.05) is 44.4 Å². The van der Waals surface area contributed by atoms with E-state index in [1.165, 1.54) is 11.1 Å². The van der Waals surface area contributed by atoms with Gasteiger partial charge in [0.25, 0.3) is 6.47 Å². The molecule has 4 atom stereocenters. The molecule has 3 fully saturated rings. The van der Waals surface area contributed by atoms with Crippen LogP contribution in [0.1, 0.15) is 42.6 Å². The van der Waals surface area contributed by atoms with Crippen molar-refractivity contribution in [2.24, 2.45) is 17.6 Å². The van der Waals surface area contributed by atoms with Crippen LogP contribution in [0.5, 0.6) is 0 Å². The molecule has 0 spiro atoms. The quantitative estimate of drug-likeness (QED) is 0.600. The largest absolute Gasteiger partial charge is 0.483 e. The van der Waals surface area contributed by atoms with Gasteiger partial charge in [0.05, 0.1) is 11.0 Å². The molecule has 1 aromatic heterocycles. The Morgan fingerprint density at radius 1 is 1.30 bits per heavy atom. The summed E-state index contributed by atoms with van der Waals surface area (Å²) in [4.78, 5) is 45.9. The number of piperidine rings is 3. The number of nitrogens with two attached hydrogens (primary N) is 1. The third kappa shape index (κ3) is 4.46. The number of nitrogens with one attached hydrogen (secondary N) is 1. The number of aryl methyl sites for hydroxylation is 2. The molecule has 3 aliphatic heterocycles. The third-order valence-corrected chi connectivity index (χ3v) is 7.60. The molecule has 0 aliphatic carbocycles. The first-order valence-corrected chi connectivity index (χ1v) is 11.7. The molecule has 5 rings (SSSR count). The third-order valence-electron chi connectivity index (χ3n) is 7.60. The predicted octanol–water partition coefficient (Wildman–Crippen LogP) is 1.61. The van der Waals surface area contributed by atoms with Crippen LogP contribution in [0.15, 0.2) is 12.1 Å². The minimum Gasteiger partial charge on any atom is -0.483 e. The molecule has 9 heteroatoms. The molecule has 33 heavy (non-hydrogen) atoms. The van der Waals surface area contributed by atoms with E-state index in [1.54, 1.807) is 0 Å². The normalized spacial score (nSPS) is 27.0. The number of nitrogens with zero attached hydrogens (tertiary/aromatic N) is 3. The molecule has 4 N–H and O–H groups in total. The maximum absolute atomic E-state index is 12.6. The number of aromatic amines is 1. The summed E-state index contributed by atoms with van der Waals surface area (Å²) < 4.78 is 0. The van der Waals surface area contributed by atoms with Crippen molar-refractivity contribution in [3.8, 4) is 0 Å². The Morgan fingerprint density at radius 2 is 2.03 bits per heavy atom. The maximum Gasteiger partial charge on any atom is 0.290 e. The van der Waals surface area contributed by atoms with Crippen molar-refractivity contribution in [2.75, 3.05) is 19.6 Å². The number of primary amides is 1. The fourth-order valence-corrected chi connectivity index (χ4v) is 6.05.